The summed E-state index contributed by atoms with van der Waals surface area (Å²) in [5.74, 6) is -4.60. The summed E-state index contributed by atoms with van der Waals surface area (Å²) in [5, 5.41) is 20.9. The summed E-state index contributed by atoms with van der Waals surface area (Å²) in [6.45, 7) is 12.1. The van der Waals surface area contributed by atoms with Gasteiger partial charge in [0.1, 0.15) is 23.5 Å². The summed E-state index contributed by atoms with van der Waals surface area (Å²) in [5.41, 5.74) is -3.95. The molecule has 0 saturated heterocycles. The van der Waals surface area contributed by atoms with E-state index in [1.807, 2.05) is 20.8 Å². The molecule has 2 fully saturated rings. The van der Waals surface area contributed by atoms with Crippen LogP contribution in [0.3, 0.4) is 0 Å². The topological polar surface area (TPSA) is 143 Å². The number of ketones is 5. The second kappa shape index (κ2) is 8.77. The molecule has 0 aromatic heterocycles. The van der Waals surface area contributed by atoms with Crippen molar-refractivity contribution in [1.29, 1.82) is 0 Å². The number of allylic oxidation sites excluding steroid dienone is 1. The predicted molar refractivity (Wildman–Crippen MR) is 137 cm³/mol. The normalized spacial score (nSPS) is 39.8. The maximum absolute atomic E-state index is 14.1. The molecule has 2 N–H and O–H groups in total. The highest BCUT2D eigenvalue weighted by Gasteiger charge is 2.73. The SMILES string of the molecule is CC(CC(=O)C[C@@H](C)[C@H]1CC(=O)[C@@]2(C)C3=C(C(=O)[C@@H](O)[C@]12C)[C@@]1(C)CCC(=O)C(C)(C)[C@@H]1CC3=O)C(=O)O. The smallest absolute Gasteiger partial charge is 0.306 e. The van der Waals surface area contributed by atoms with Crippen LogP contribution in [0.5, 0.6) is 0 Å². The molecule has 0 spiro atoms. The number of Topliss-reactive ketones (excluding diaryl/α,β-unsaturated/α-hetero) is 5. The lowest BCUT2D eigenvalue weighted by Crippen LogP contribution is -2.64. The molecule has 38 heavy (non-hydrogen) atoms. The number of hydrogen-bond donors (Lipinski definition) is 2. The van der Waals surface area contributed by atoms with E-state index in [4.69, 9.17) is 5.11 Å². The standard InChI is InChI=1S/C30H40O8/c1-14(10-16(31)11-15(2)26(37)38)17-12-21(34)30(7)22-18(32)13-19-27(3,4)20(33)8-9-28(19,5)23(22)24(35)25(36)29(17,30)6/h14-15,17,19,25,36H,8-13H2,1-7H3,(H,37,38)/t14-,15?,17-,19+,25-,28+,29+,30+/m1/s1. The highest BCUT2D eigenvalue weighted by Crippen LogP contribution is 2.69. The molecule has 0 amide bonds. The molecule has 0 aliphatic heterocycles. The Morgan fingerprint density at radius 1 is 0.921 bits per heavy atom. The van der Waals surface area contributed by atoms with Gasteiger partial charge in [-0.15, -0.1) is 0 Å². The minimum Gasteiger partial charge on any atom is -0.481 e. The minimum absolute atomic E-state index is 0.00839. The second-order valence-corrected chi connectivity index (χ2v) is 13.6. The number of fused-ring (bicyclic) bond motifs is 4. The highest BCUT2D eigenvalue weighted by molar-refractivity contribution is 6.18. The summed E-state index contributed by atoms with van der Waals surface area (Å²) in [6.07, 6.45) is -0.983. The number of rotatable bonds is 6. The third kappa shape index (κ3) is 3.51. The Kier molecular flexibility index (Phi) is 6.58. The number of carboxylic acid groups (broad SMARTS) is 1. The molecule has 2 saturated carbocycles. The number of hydrogen-bond acceptors (Lipinski definition) is 7. The average Bonchev–Trinajstić information content (AvgIpc) is 3.03. The maximum atomic E-state index is 14.1. The van der Waals surface area contributed by atoms with Crippen LogP contribution in [0.2, 0.25) is 0 Å². The van der Waals surface area contributed by atoms with Crippen LogP contribution in [-0.2, 0) is 28.8 Å². The lowest BCUT2D eigenvalue weighted by Gasteiger charge is -2.59. The summed E-state index contributed by atoms with van der Waals surface area (Å²) < 4.78 is 0. The first-order valence-corrected chi connectivity index (χ1v) is 13.7. The lowest BCUT2D eigenvalue weighted by atomic mass is 9.42. The van der Waals surface area contributed by atoms with E-state index in [0.29, 0.717) is 6.42 Å². The molecule has 4 rings (SSSR count). The Hall–Kier alpha value is -2.48. The van der Waals surface area contributed by atoms with Crippen LogP contribution < -0.4 is 0 Å². The molecule has 8 nitrogen and oxygen atoms in total. The summed E-state index contributed by atoms with van der Waals surface area (Å²) >= 11 is 0. The molecule has 0 heterocycles. The number of aliphatic carboxylic acids is 1. The van der Waals surface area contributed by atoms with Gasteiger partial charge in [0.15, 0.2) is 11.6 Å². The Morgan fingerprint density at radius 3 is 2.11 bits per heavy atom. The van der Waals surface area contributed by atoms with Gasteiger partial charge < -0.3 is 10.2 Å². The molecular formula is C30H40O8. The number of carbonyl (C=O) groups excluding carboxylic acids is 5. The van der Waals surface area contributed by atoms with E-state index in [1.165, 1.54) is 6.92 Å². The van der Waals surface area contributed by atoms with Crippen LogP contribution >= 0.6 is 0 Å². The van der Waals surface area contributed by atoms with Gasteiger partial charge in [-0.2, -0.15) is 0 Å². The van der Waals surface area contributed by atoms with Gasteiger partial charge in [-0.1, -0.05) is 41.5 Å². The molecule has 8 atom stereocenters. The lowest BCUT2D eigenvalue weighted by molar-refractivity contribution is -0.158. The largest absolute Gasteiger partial charge is 0.481 e. The fourth-order valence-corrected chi connectivity index (χ4v) is 8.67. The third-order valence-electron chi connectivity index (χ3n) is 11.3. The van der Waals surface area contributed by atoms with Crippen molar-refractivity contribution in [2.75, 3.05) is 0 Å². The van der Waals surface area contributed by atoms with Gasteiger partial charge >= 0.3 is 5.97 Å². The van der Waals surface area contributed by atoms with Gasteiger partial charge in [0.25, 0.3) is 0 Å². The van der Waals surface area contributed by atoms with Crippen LogP contribution in [-0.4, -0.2) is 51.2 Å². The molecule has 8 heteroatoms. The fourth-order valence-electron chi connectivity index (χ4n) is 8.67. The number of carbonyl (C=O) groups is 6. The zero-order valence-corrected chi connectivity index (χ0v) is 23.5. The third-order valence-corrected chi connectivity index (χ3v) is 11.3. The van der Waals surface area contributed by atoms with Crippen LogP contribution in [0.15, 0.2) is 11.1 Å². The van der Waals surface area contributed by atoms with Crippen LogP contribution in [0, 0.1) is 45.3 Å². The van der Waals surface area contributed by atoms with Crippen LogP contribution in [0.1, 0.15) is 87.0 Å². The quantitative estimate of drug-likeness (QED) is 0.533. The van der Waals surface area contributed by atoms with Gasteiger partial charge in [0.05, 0.1) is 11.3 Å². The van der Waals surface area contributed by atoms with E-state index in [9.17, 15) is 33.9 Å². The van der Waals surface area contributed by atoms with Crippen molar-refractivity contribution in [1.82, 2.24) is 0 Å². The van der Waals surface area contributed by atoms with Crippen molar-refractivity contribution >= 4 is 34.9 Å². The van der Waals surface area contributed by atoms with Crippen LogP contribution in [0.25, 0.3) is 0 Å². The van der Waals surface area contributed by atoms with Gasteiger partial charge in [-0.25, -0.2) is 0 Å². The fraction of sp³-hybridized carbons (Fsp3) is 0.733. The molecule has 0 radical (unpaired) electrons. The van der Waals surface area contributed by atoms with Crippen molar-refractivity contribution < 1.29 is 39.0 Å². The first-order chi connectivity index (χ1) is 17.4. The molecule has 4 aliphatic carbocycles. The first kappa shape index (κ1) is 28.5. The van der Waals surface area contributed by atoms with E-state index in [0.717, 1.165) is 0 Å². The van der Waals surface area contributed by atoms with E-state index >= 15 is 0 Å². The highest BCUT2D eigenvalue weighted by atomic mass is 16.4. The average molecular weight is 529 g/mol. The van der Waals surface area contributed by atoms with Crippen molar-refractivity contribution in [3.63, 3.8) is 0 Å². The second-order valence-electron chi connectivity index (χ2n) is 13.6. The van der Waals surface area contributed by atoms with Gasteiger partial charge in [-0.3, -0.25) is 28.8 Å². The Labute approximate surface area is 223 Å². The van der Waals surface area contributed by atoms with Crippen LogP contribution in [0.4, 0.5) is 0 Å². The number of aliphatic hydroxyl groups excluding tert-OH is 1. The summed E-state index contributed by atoms with van der Waals surface area (Å²) in [6, 6.07) is 0. The van der Waals surface area contributed by atoms with Crippen molar-refractivity contribution in [3.05, 3.63) is 11.1 Å². The number of carboxylic acids is 1. The molecule has 0 bridgehead atoms. The Morgan fingerprint density at radius 2 is 1.53 bits per heavy atom. The first-order valence-electron chi connectivity index (χ1n) is 13.7. The van der Waals surface area contributed by atoms with Crippen molar-refractivity contribution in [3.8, 4) is 0 Å². The molecule has 0 aromatic carbocycles. The van der Waals surface area contributed by atoms with Gasteiger partial charge in [0.2, 0.25) is 0 Å². The number of aliphatic hydroxyl groups is 1. The maximum Gasteiger partial charge on any atom is 0.306 e. The monoisotopic (exact) mass is 528 g/mol. The molecule has 0 aromatic rings. The summed E-state index contributed by atoms with van der Waals surface area (Å²) in [7, 11) is 0. The van der Waals surface area contributed by atoms with E-state index in [2.05, 4.69) is 0 Å². The Bertz CT molecular complexity index is 1190. The Balaban J connectivity index is 1.81. The predicted octanol–water partition coefficient (Wildman–Crippen LogP) is 3.52. The zero-order chi connectivity index (χ0) is 28.7. The van der Waals surface area contributed by atoms with Crippen molar-refractivity contribution in [2.24, 2.45) is 45.3 Å². The summed E-state index contributed by atoms with van der Waals surface area (Å²) in [4.78, 5) is 78.5. The minimum atomic E-state index is -1.55. The van der Waals surface area contributed by atoms with Gasteiger partial charge in [-0.05, 0) is 31.1 Å². The van der Waals surface area contributed by atoms with Crippen molar-refractivity contribution in [2.45, 2.75) is 93.1 Å². The zero-order valence-electron chi connectivity index (χ0n) is 23.5. The van der Waals surface area contributed by atoms with E-state index in [-0.39, 0.29) is 66.4 Å². The molecular weight excluding hydrogens is 488 g/mol. The van der Waals surface area contributed by atoms with Gasteiger partial charge in [0, 0.05) is 59.5 Å². The molecule has 208 valence electrons. The molecule has 4 aliphatic rings. The van der Waals surface area contributed by atoms with E-state index < -0.39 is 63.2 Å². The van der Waals surface area contributed by atoms with E-state index in [1.54, 1.807) is 20.8 Å². The molecule has 1 unspecified atom stereocenters.